The smallest absolute Gasteiger partial charge is 0.319 e. The molecule has 0 atom stereocenters. The Labute approximate surface area is 214 Å². The number of hydrogen-bond donors (Lipinski definition) is 3. The number of nitrogens with zero attached hydrogens (tertiary/aromatic N) is 1. The van der Waals surface area contributed by atoms with E-state index in [9.17, 15) is 9.59 Å². The Morgan fingerprint density at radius 2 is 1.75 bits per heavy atom. The highest BCUT2D eigenvalue weighted by molar-refractivity contribution is 6.30. The summed E-state index contributed by atoms with van der Waals surface area (Å²) in [5, 5.41) is 9.44. The quantitative estimate of drug-likeness (QED) is 0.447. The van der Waals surface area contributed by atoms with Crippen molar-refractivity contribution in [3.63, 3.8) is 0 Å². The summed E-state index contributed by atoms with van der Waals surface area (Å²) in [5.41, 5.74) is 3.11. The maximum atomic E-state index is 13.1. The third-order valence-electron chi connectivity index (χ3n) is 6.29. The van der Waals surface area contributed by atoms with Crippen molar-refractivity contribution in [2.24, 2.45) is 0 Å². The van der Waals surface area contributed by atoms with Crippen molar-refractivity contribution in [1.82, 2.24) is 10.6 Å². The summed E-state index contributed by atoms with van der Waals surface area (Å²) in [4.78, 5) is 27.6. The van der Waals surface area contributed by atoms with Crippen molar-refractivity contribution >= 4 is 34.9 Å². The van der Waals surface area contributed by atoms with Gasteiger partial charge in [0.15, 0.2) is 11.5 Å². The number of rotatable bonds is 6. The minimum atomic E-state index is -0.251. The van der Waals surface area contributed by atoms with E-state index < -0.39 is 0 Å². The highest BCUT2D eigenvalue weighted by Crippen LogP contribution is 2.32. The summed E-state index contributed by atoms with van der Waals surface area (Å²) in [7, 11) is 0. The van der Waals surface area contributed by atoms with Crippen LogP contribution in [0.5, 0.6) is 11.5 Å². The van der Waals surface area contributed by atoms with Gasteiger partial charge in [-0.1, -0.05) is 35.9 Å². The first kappa shape index (κ1) is 23.8. The molecule has 2 aliphatic rings. The maximum absolute atomic E-state index is 13.1. The Bertz CT molecular complexity index is 1260. The molecule has 0 bridgehead atoms. The molecule has 8 nitrogen and oxygen atoms in total. The molecule has 36 heavy (non-hydrogen) atoms. The number of halogens is 1. The Morgan fingerprint density at radius 3 is 2.58 bits per heavy atom. The van der Waals surface area contributed by atoms with Gasteiger partial charge in [-0.2, -0.15) is 0 Å². The third kappa shape index (κ3) is 5.66. The first-order chi connectivity index (χ1) is 17.5. The van der Waals surface area contributed by atoms with E-state index in [0.717, 1.165) is 42.9 Å². The van der Waals surface area contributed by atoms with Crippen molar-refractivity contribution in [2.75, 3.05) is 30.1 Å². The number of ether oxygens (including phenoxy) is 2. The number of urea groups is 1. The topological polar surface area (TPSA) is 91.9 Å². The van der Waals surface area contributed by atoms with E-state index in [0.29, 0.717) is 28.6 Å². The summed E-state index contributed by atoms with van der Waals surface area (Å²) in [5.74, 6) is 1.28. The second-order valence-corrected chi connectivity index (χ2v) is 9.19. The number of carbonyl (C=O) groups excluding carboxylic acids is 2. The van der Waals surface area contributed by atoms with Gasteiger partial charge in [-0.25, -0.2) is 4.79 Å². The molecule has 5 rings (SSSR count). The molecule has 1 fully saturated rings. The van der Waals surface area contributed by atoms with Crippen molar-refractivity contribution in [1.29, 1.82) is 0 Å². The molecule has 3 N–H and O–H groups in total. The monoisotopic (exact) mass is 506 g/mol. The van der Waals surface area contributed by atoms with Gasteiger partial charge in [0.05, 0.1) is 5.56 Å². The molecule has 3 aromatic rings. The number of para-hydroxylation sites is 1. The Kier molecular flexibility index (Phi) is 7.13. The fraction of sp³-hybridized carbons (Fsp3) is 0.259. The summed E-state index contributed by atoms with van der Waals surface area (Å²) in [6.45, 7) is 2.07. The molecular formula is C27H27ClN4O4. The Balaban J connectivity index is 1.15. The number of hydrogen-bond acceptors (Lipinski definition) is 5. The van der Waals surface area contributed by atoms with Gasteiger partial charge in [-0.05, 0) is 60.9 Å². The molecule has 0 saturated carbocycles. The average Bonchev–Trinajstić information content (AvgIpc) is 3.36. The lowest BCUT2D eigenvalue weighted by atomic mass is 10.0. The van der Waals surface area contributed by atoms with Crippen LogP contribution in [0.3, 0.4) is 0 Å². The molecular weight excluding hydrogens is 480 g/mol. The minimum Gasteiger partial charge on any atom is -0.454 e. The molecule has 0 radical (unpaired) electrons. The molecule has 9 heteroatoms. The van der Waals surface area contributed by atoms with Crippen LogP contribution < -0.4 is 30.3 Å². The molecule has 0 aliphatic carbocycles. The highest BCUT2D eigenvalue weighted by Gasteiger charge is 2.24. The van der Waals surface area contributed by atoms with Crippen LogP contribution in [0.1, 0.15) is 28.8 Å². The van der Waals surface area contributed by atoms with Crippen LogP contribution in [0.25, 0.3) is 0 Å². The molecule has 0 spiro atoms. The normalized spacial score (nSPS) is 14.9. The van der Waals surface area contributed by atoms with Crippen LogP contribution >= 0.6 is 11.6 Å². The predicted octanol–water partition coefficient (Wildman–Crippen LogP) is 4.79. The lowest BCUT2D eigenvalue weighted by Gasteiger charge is -2.34. The number of carbonyl (C=O) groups is 2. The molecule has 186 valence electrons. The van der Waals surface area contributed by atoms with Crippen LogP contribution in [0, 0.1) is 0 Å². The fourth-order valence-corrected chi connectivity index (χ4v) is 4.64. The van der Waals surface area contributed by atoms with Gasteiger partial charge < -0.3 is 30.3 Å². The standard InChI is InChI=1S/C27H27ClN4O4/c28-19-4-3-5-21(15-19)31-27(34)30-20-10-12-32(13-11-20)23-7-2-1-6-22(23)26(33)29-16-18-8-9-24-25(14-18)36-17-35-24/h1-9,14-15,20H,10-13,16-17H2,(H,29,33)(H2,30,31,34). The van der Waals surface area contributed by atoms with E-state index in [2.05, 4.69) is 20.9 Å². The summed E-state index contributed by atoms with van der Waals surface area (Å²) in [6.07, 6.45) is 1.55. The van der Waals surface area contributed by atoms with E-state index in [1.54, 1.807) is 24.3 Å². The van der Waals surface area contributed by atoms with Crippen LogP contribution in [0.15, 0.2) is 66.7 Å². The lowest BCUT2D eigenvalue weighted by molar-refractivity contribution is 0.0951. The van der Waals surface area contributed by atoms with Crippen molar-refractivity contribution < 1.29 is 19.1 Å². The number of nitrogens with one attached hydrogen (secondary N) is 3. The van der Waals surface area contributed by atoms with E-state index >= 15 is 0 Å². The van der Waals surface area contributed by atoms with E-state index in [1.807, 2.05) is 42.5 Å². The third-order valence-corrected chi connectivity index (χ3v) is 6.53. The van der Waals surface area contributed by atoms with Gasteiger partial charge in [0.25, 0.3) is 5.91 Å². The lowest BCUT2D eigenvalue weighted by Crippen LogP contribution is -2.46. The minimum absolute atomic E-state index is 0.0485. The van der Waals surface area contributed by atoms with Gasteiger partial charge in [-0.3, -0.25) is 4.79 Å². The van der Waals surface area contributed by atoms with Crippen LogP contribution in [0.2, 0.25) is 5.02 Å². The van der Waals surface area contributed by atoms with Gasteiger partial charge in [0.1, 0.15) is 0 Å². The maximum Gasteiger partial charge on any atom is 0.319 e. The first-order valence-corrected chi connectivity index (χ1v) is 12.3. The van der Waals surface area contributed by atoms with E-state index in [1.165, 1.54) is 0 Å². The summed E-state index contributed by atoms with van der Waals surface area (Å²) in [6, 6.07) is 20.1. The van der Waals surface area contributed by atoms with Gasteiger partial charge in [-0.15, -0.1) is 0 Å². The second-order valence-electron chi connectivity index (χ2n) is 8.76. The molecule has 2 aliphatic heterocycles. The number of amides is 3. The van der Waals surface area contributed by atoms with Crippen LogP contribution in [-0.2, 0) is 6.54 Å². The van der Waals surface area contributed by atoms with Crippen molar-refractivity contribution in [2.45, 2.75) is 25.4 Å². The molecule has 0 aromatic heterocycles. The molecule has 0 unspecified atom stereocenters. The number of piperidine rings is 1. The highest BCUT2D eigenvalue weighted by atomic mass is 35.5. The van der Waals surface area contributed by atoms with Crippen LogP contribution in [-0.4, -0.2) is 37.9 Å². The van der Waals surface area contributed by atoms with E-state index in [4.69, 9.17) is 21.1 Å². The number of anilines is 2. The molecule has 1 saturated heterocycles. The summed E-state index contributed by atoms with van der Waals surface area (Å²) < 4.78 is 10.8. The van der Waals surface area contributed by atoms with Crippen molar-refractivity contribution in [3.8, 4) is 11.5 Å². The van der Waals surface area contributed by atoms with E-state index in [-0.39, 0.29) is 24.8 Å². The SMILES string of the molecule is O=C(Nc1cccc(Cl)c1)NC1CCN(c2ccccc2C(=O)NCc2ccc3c(c2)OCO3)CC1. The van der Waals surface area contributed by atoms with Gasteiger partial charge in [0, 0.05) is 42.1 Å². The number of benzene rings is 3. The average molecular weight is 507 g/mol. The van der Waals surface area contributed by atoms with Gasteiger partial charge in [0.2, 0.25) is 6.79 Å². The largest absolute Gasteiger partial charge is 0.454 e. The Morgan fingerprint density at radius 1 is 0.944 bits per heavy atom. The van der Waals surface area contributed by atoms with Crippen molar-refractivity contribution in [3.05, 3.63) is 82.9 Å². The number of fused-ring (bicyclic) bond motifs is 1. The fourth-order valence-electron chi connectivity index (χ4n) is 4.45. The molecule has 3 aromatic carbocycles. The van der Waals surface area contributed by atoms with Crippen LogP contribution in [0.4, 0.5) is 16.2 Å². The zero-order valence-electron chi connectivity index (χ0n) is 19.6. The second kappa shape index (κ2) is 10.8. The predicted molar refractivity (Wildman–Crippen MR) is 139 cm³/mol. The zero-order valence-corrected chi connectivity index (χ0v) is 20.4. The molecule has 2 heterocycles. The molecule has 3 amide bonds. The zero-order chi connectivity index (χ0) is 24.9. The summed E-state index contributed by atoms with van der Waals surface area (Å²) >= 11 is 5.99. The Hall–Kier alpha value is -3.91. The first-order valence-electron chi connectivity index (χ1n) is 11.9. The van der Waals surface area contributed by atoms with Gasteiger partial charge >= 0.3 is 6.03 Å².